The minimum Gasteiger partial charge on any atom is -0.479 e. The van der Waals surface area contributed by atoms with Gasteiger partial charge in [-0.25, -0.2) is 8.42 Å². The average Bonchev–Trinajstić information content (AvgIpc) is 2.55. The molecule has 2 N–H and O–H groups in total. The standard InChI is InChI=1S/C18H27N3O5S/c1-11(2)6-7-19-17(22)10-21(5)27(24,25)16-9-15-14(8-12(16)3)20-18(23)13(4)26-15/h8-9,11,13H,6-7,10H2,1-5H3,(H,19,22)(H,20,23)/t13-/m0/s1. The van der Waals surface area contributed by atoms with Gasteiger partial charge in [-0.1, -0.05) is 13.8 Å². The molecule has 2 amide bonds. The zero-order valence-corrected chi connectivity index (χ0v) is 17.1. The van der Waals surface area contributed by atoms with Crippen molar-refractivity contribution < 1.29 is 22.7 Å². The lowest BCUT2D eigenvalue weighted by atomic mass is 10.1. The number of anilines is 1. The number of hydrogen-bond acceptors (Lipinski definition) is 5. The first kappa shape index (κ1) is 21.2. The molecule has 27 heavy (non-hydrogen) atoms. The number of sulfonamides is 1. The number of rotatable bonds is 7. The first-order chi connectivity index (χ1) is 12.5. The van der Waals surface area contributed by atoms with Gasteiger partial charge < -0.3 is 15.4 Å². The monoisotopic (exact) mass is 397 g/mol. The zero-order valence-electron chi connectivity index (χ0n) is 16.3. The molecule has 1 aromatic rings. The second-order valence-corrected chi connectivity index (χ2v) is 9.17. The topological polar surface area (TPSA) is 105 Å². The van der Waals surface area contributed by atoms with Crippen LogP contribution in [0.5, 0.6) is 5.75 Å². The van der Waals surface area contributed by atoms with E-state index in [0.717, 1.165) is 10.7 Å². The van der Waals surface area contributed by atoms with Gasteiger partial charge in [0.1, 0.15) is 5.75 Å². The van der Waals surface area contributed by atoms with Crippen LogP contribution in [0.1, 0.15) is 32.8 Å². The number of nitrogens with zero attached hydrogens (tertiary/aromatic N) is 1. The Balaban J connectivity index is 2.17. The van der Waals surface area contributed by atoms with Crippen molar-refractivity contribution >= 4 is 27.5 Å². The van der Waals surface area contributed by atoms with Gasteiger partial charge in [-0.2, -0.15) is 4.31 Å². The number of carbonyl (C=O) groups excluding carboxylic acids is 2. The zero-order chi connectivity index (χ0) is 20.4. The largest absolute Gasteiger partial charge is 0.479 e. The van der Waals surface area contributed by atoms with Crippen LogP contribution in [0.4, 0.5) is 5.69 Å². The molecule has 8 nitrogen and oxygen atoms in total. The summed E-state index contributed by atoms with van der Waals surface area (Å²) in [5.41, 5.74) is 0.892. The van der Waals surface area contributed by atoms with E-state index in [1.54, 1.807) is 19.9 Å². The Morgan fingerprint density at radius 1 is 1.37 bits per heavy atom. The third kappa shape index (κ3) is 4.98. The van der Waals surface area contributed by atoms with Gasteiger partial charge in [0.2, 0.25) is 15.9 Å². The lowest BCUT2D eigenvalue weighted by Gasteiger charge is -2.25. The maximum absolute atomic E-state index is 12.9. The molecular formula is C18H27N3O5S. The van der Waals surface area contributed by atoms with Crippen LogP contribution >= 0.6 is 0 Å². The molecule has 150 valence electrons. The van der Waals surface area contributed by atoms with E-state index >= 15 is 0 Å². The summed E-state index contributed by atoms with van der Waals surface area (Å²) < 4.78 is 32.3. The third-order valence-electron chi connectivity index (χ3n) is 4.31. The molecule has 0 fully saturated rings. The van der Waals surface area contributed by atoms with Crippen LogP contribution in [-0.4, -0.2) is 50.8 Å². The molecule has 1 heterocycles. The molecule has 0 saturated carbocycles. The highest BCUT2D eigenvalue weighted by Gasteiger charge is 2.29. The van der Waals surface area contributed by atoms with Crippen molar-refractivity contribution in [3.05, 3.63) is 17.7 Å². The van der Waals surface area contributed by atoms with E-state index in [2.05, 4.69) is 10.6 Å². The summed E-state index contributed by atoms with van der Waals surface area (Å²) in [4.78, 5) is 23.8. The Morgan fingerprint density at radius 2 is 2.04 bits per heavy atom. The van der Waals surface area contributed by atoms with Gasteiger partial charge in [-0.3, -0.25) is 9.59 Å². The molecule has 0 saturated heterocycles. The predicted molar refractivity (Wildman–Crippen MR) is 102 cm³/mol. The Labute approximate surface area is 160 Å². The van der Waals surface area contributed by atoms with E-state index in [9.17, 15) is 18.0 Å². The van der Waals surface area contributed by atoms with E-state index in [-0.39, 0.29) is 23.3 Å². The normalized spacial score (nSPS) is 16.7. The molecule has 1 atom stereocenters. The lowest BCUT2D eigenvalue weighted by Crippen LogP contribution is -2.39. The fraction of sp³-hybridized carbons (Fsp3) is 0.556. The molecule has 0 bridgehead atoms. The smallest absolute Gasteiger partial charge is 0.265 e. The summed E-state index contributed by atoms with van der Waals surface area (Å²) in [6, 6.07) is 2.95. The Bertz CT molecular complexity index is 836. The first-order valence-electron chi connectivity index (χ1n) is 8.87. The Morgan fingerprint density at radius 3 is 2.67 bits per heavy atom. The molecule has 2 rings (SSSR count). The van der Waals surface area contributed by atoms with Gasteiger partial charge in [-0.15, -0.1) is 0 Å². The second-order valence-electron chi connectivity index (χ2n) is 7.16. The maximum Gasteiger partial charge on any atom is 0.265 e. The Kier molecular flexibility index (Phi) is 6.48. The van der Waals surface area contributed by atoms with Crippen LogP contribution in [0, 0.1) is 12.8 Å². The van der Waals surface area contributed by atoms with Crippen molar-refractivity contribution in [1.82, 2.24) is 9.62 Å². The predicted octanol–water partition coefficient (Wildman–Crippen LogP) is 1.50. The number of likely N-dealkylation sites (N-methyl/N-ethyl adjacent to an activating group) is 1. The highest BCUT2D eigenvalue weighted by atomic mass is 32.2. The van der Waals surface area contributed by atoms with E-state index < -0.39 is 16.1 Å². The van der Waals surface area contributed by atoms with Gasteiger partial charge in [0.05, 0.1) is 17.1 Å². The lowest BCUT2D eigenvalue weighted by molar-refractivity contribution is -0.123. The van der Waals surface area contributed by atoms with Gasteiger partial charge in [0.25, 0.3) is 5.91 Å². The number of benzene rings is 1. The van der Waals surface area contributed by atoms with Crippen molar-refractivity contribution in [1.29, 1.82) is 0 Å². The van der Waals surface area contributed by atoms with Crippen LogP contribution in [0.15, 0.2) is 17.0 Å². The van der Waals surface area contributed by atoms with E-state index in [4.69, 9.17) is 4.74 Å². The first-order valence-corrected chi connectivity index (χ1v) is 10.3. The Hall–Kier alpha value is -2.13. The number of ether oxygens (including phenoxy) is 1. The van der Waals surface area contributed by atoms with Crippen molar-refractivity contribution in [2.75, 3.05) is 25.5 Å². The molecule has 0 unspecified atom stereocenters. The van der Waals surface area contributed by atoms with Crippen LogP contribution in [0.2, 0.25) is 0 Å². The minimum atomic E-state index is -3.89. The summed E-state index contributed by atoms with van der Waals surface area (Å²) >= 11 is 0. The minimum absolute atomic E-state index is 0.0436. The van der Waals surface area contributed by atoms with Crippen molar-refractivity contribution in [2.45, 2.75) is 45.1 Å². The van der Waals surface area contributed by atoms with Crippen LogP contribution < -0.4 is 15.4 Å². The average molecular weight is 397 g/mol. The molecule has 0 radical (unpaired) electrons. The number of hydrogen-bond donors (Lipinski definition) is 2. The summed E-state index contributed by atoms with van der Waals surface area (Å²) in [7, 11) is -2.53. The van der Waals surface area contributed by atoms with Crippen molar-refractivity contribution in [3.8, 4) is 5.75 Å². The van der Waals surface area contributed by atoms with Crippen LogP contribution in [0.3, 0.4) is 0 Å². The number of nitrogens with one attached hydrogen (secondary N) is 2. The molecule has 1 aliphatic rings. The number of carbonyl (C=O) groups is 2. The molecule has 1 aliphatic heterocycles. The molecule has 1 aromatic carbocycles. The summed E-state index contributed by atoms with van der Waals surface area (Å²) in [6.45, 7) is 7.55. The molecule has 0 aliphatic carbocycles. The molecule has 9 heteroatoms. The fourth-order valence-electron chi connectivity index (χ4n) is 2.63. The van der Waals surface area contributed by atoms with Gasteiger partial charge >= 0.3 is 0 Å². The van der Waals surface area contributed by atoms with Crippen molar-refractivity contribution in [2.24, 2.45) is 5.92 Å². The van der Waals surface area contributed by atoms with Gasteiger partial charge in [-0.05, 0) is 37.8 Å². The van der Waals surface area contributed by atoms with Gasteiger partial charge in [0, 0.05) is 19.7 Å². The summed E-state index contributed by atoms with van der Waals surface area (Å²) in [6.07, 6.45) is 0.119. The molecular weight excluding hydrogens is 370 g/mol. The summed E-state index contributed by atoms with van der Waals surface area (Å²) in [5.74, 6) is 0.107. The van der Waals surface area contributed by atoms with Crippen LogP contribution in [0.25, 0.3) is 0 Å². The number of amides is 2. The third-order valence-corrected chi connectivity index (χ3v) is 6.25. The molecule has 0 spiro atoms. The summed E-state index contributed by atoms with van der Waals surface area (Å²) in [5, 5.41) is 5.41. The van der Waals surface area contributed by atoms with Crippen molar-refractivity contribution in [3.63, 3.8) is 0 Å². The van der Waals surface area contributed by atoms with E-state index in [1.807, 2.05) is 13.8 Å². The van der Waals surface area contributed by atoms with E-state index in [0.29, 0.717) is 29.5 Å². The number of fused-ring (bicyclic) bond motifs is 1. The van der Waals surface area contributed by atoms with Gasteiger partial charge in [0.15, 0.2) is 6.10 Å². The number of aryl methyl sites for hydroxylation is 1. The fourth-order valence-corrected chi connectivity index (χ4v) is 3.98. The van der Waals surface area contributed by atoms with E-state index in [1.165, 1.54) is 13.1 Å². The quantitative estimate of drug-likeness (QED) is 0.725. The molecule has 0 aromatic heterocycles. The highest BCUT2D eigenvalue weighted by molar-refractivity contribution is 7.89. The highest BCUT2D eigenvalue weighted by Crippen LogP contribution is 2.35. The second kappa shape index (κ2) is 8.26. The van der Waals surface area contributed by atoms with Crippen LogP contribution in [-0.2, 0) is 19.6 Å². The maximum atomic E-state index is 12.9. The SMILES string of the molecule is Cc1cc2c(cc1S(=O)(=O)N(C)CC(=O)NCCC(C)C)O[C@@H](C)C(=O)N2.